The first-order valence-corrected chi connectivity index (χ1v) is 9.00. The van der Waals surface area contributed by atoms with Crippen molar-refractivity contribution < 1.29 is 13.2 Å². The fourth-order valence-electron chi connectivity index (χ4n) is 2.45. The minimum atomic E-state index is -3.72. The first kappa shape index (κ1) is 17.1. The molecule has 25 heavy (non-hydrogen) atoms. The summed E-state index contributed by atoms with van der Waals surface area (Å²) in [5.74, 6) is 0.488. The van der Waals surface area contributed by atoms with Crippen LogP contribution in [0.4, 0.5) is 0 Å². The van der Waals surface area contributed by atoms with Gasteiger partial charge in [0.1, 0.15) is 11.3 Å². The van der Waals surface area contributed by atoms with Crippen molar-refractivity contribution in [2.75, 3.05) is 0 Å². The van der Waals surface area contributed by atoms with Crippen LogP contribution in [0.2, 0.25) is 0 Å². The second-order valence-corrected chi connectivity index (χ2v) is 7.18. The maximum Gasteiger partial charge on any atom is 0.253 e. The summed E-state index contributed by atoms with van der Waals surface area (Å²) in [5.41, 5.74) is 2.38. The molecule has 130 valence electrons. The van der Waals surface area contributed by atoms with Crippen LogP contribution in [0.3, 0.4) is 0 Å². The van der Waals surface area contributed by atoms with Crippen LogP contribution in [0, 0.1) is 6.92 Å². The normalized spacial score (nSPS) is 11.6. The Morgan fingerprint density at radius 2 is 1.92 bits per heavy atom. The van der Waals surface area contributed by atoms with E-state index < -0.39 is 10.0 Å². The Morgan fingerprint density at radius 3 is 2.56 bits per heavy atom. The average Bonchev–Trinajstić information content (AvgIpc) is 2.87. The number of carbonyl (C=O) groups excluding carboxylic acids is 1. The predicted octanol–water partition coefficient (Wildman–Crippen LogP) is 0.854. The molecule has 9 heteroatoms. The van der Waals surface area contributed by atoms with Crippen molar-refractivity contribution in [3.63, 3.8) is 0 Å². The van der Waals surface area contributed by atoms with E-state index in [1.54, 1.807) is 24.4 Å². The third kappa shape index (κ3) is 3.37. The highest BCUT2D eigenvalue weighted by atomic mass is 32.2. The fraction of sp³-hybridized carbons (Fsp3) is 0.188. The predicted molar refractivity (Wildman–Crippen MR) is 92.2 cm³/mol. The van der Waals surface area contributed by atoms with Crippen molar-refractivity contribution in [2.45, 2.75) is 18.4 Å². The molecule has 0 saturated heterocycles. The number of rotatable bonds is 4. The van der Waals surface area contributed by atoms with Gasteiger partial charge in [-0.25, -0.2) is 23.5 Å². The number of fused-ring (bicyclic) bond motifs is 1. The fourth-order valence-corrected chi connectivity index (χ4v) is 2.96. The van der Waals surface area contributed by atoms with E-state index in [-0.39, 0.29) is 17.3 Å². The number of aryl methyl sites for hydroxylation is 2. The van der Waals surface area contributed by atoms with Gasteiger partial charge in [0.2, 0.25) is 10.0 Å². The Morgan fingerprint density at radius 1 is 1.24 bits per heavy atom. The molecule has 0 unspecified atom stereocenters. The molecule has 0 bridgehead atoms. The minimum Gasteiger partial charge on any atom is -0.348 e. The number of pyridine rings is 1. The molecule has 3 rings (SSSR count). The van der Waals surface area contributed by atoms with Crippen LogP contribution in [-0.2, 0) is 23.6 Å². The highest BCUT2D eigenvalue weighted by Crippen LogP contribution is 2.17. The summed E-state index contributed by atoms with van der Waals surface area (Å²) in [6.45, 7) is 2.09. The SMILES string of the molecule is Cc1nc2c(C(=O)NCc3ccc(S(N)(=O)=O)cc3)ccnc2n1C. The Balaban J connectivity index is 1.78. The number of nitrogens with zero attached hydrogens (tertiary/aromatic N) is 3. The number of hydrogen-bond donors (Lipinski definition) is 2. The molecule has 0 aliphatic carbocycles. The van der Waals surface area contributed by atoms with Gasteiger partial charge in [0, 0.05) is 19.8 Å². The molecule has 0 saturated carbocycles. The van der Waals surface area contributed by atoms with Crippen LogP contribution in [0.25, 0.3) is 11.2 Å². The third-order valence-corrected chi connectivity index (χ3v) is 4.86. The Hall–Kier alpha value is -2.78. The molecule has 0 fully saturated rings. The topological polar surface area (TPSA) is 120 Å². The summed E-state index contributed by atoms with van der Waals surface area (Å²) in [6, 6.07) is 7.64. The molecule has 1 aromatic carbocycles. The molecule has 3 N–H and O–H groups in total. The van der Waals surface area contributed by atoms with Crippen LogP contribution in [0.5, 0.6) is 0 Å². The smallest absolute Gasteiger partial charge is 0.253 e. The molecule has 2 aromatic heterocycles. The number of benzene rings is 1. The zero-order chi connectivity index (χ0) is 18.2. The van der Waals surface area contributed by atoms with Crippen molar-refractivity contribution >= 4 is 27.1 Å². The Kier molecular flexibility index (Phi) is 4.27. The van der Waals surface area contributed by atoms with Crippen LogP contribution < -0.4 is 10.5 Å². The van der Waals surface area contributed by atoms with Gasteiger partial charge in [0.25, 0.3) is 5.91 Å². The summed E-state index contributed by atoms with van der Waals surface area (Å²) in [5, 5.41) is 7.86. The van der Waals surface area contributed by atoms with E-state index in [9.17, 15) is 13.2 Å². The number of sulfonamides is 1. The zero-order valence-electron chi connectivity index (χ0n) is 13.7. The van der Waals surface area contributed by atoms with E-state index >= 15 is 0 Å². The third-order valence-electron chi connectivity index (χ3n) is 3.93. The molecule has 0 spiro atoms. The van der Waals surface area contributed by atoms with Gasteiger partial charge in [-0.1, -0.05) is 12.1 Å². The van der Waals surface area contributed by atoms with Gasteiger partial charge in [-0.05, 0) is 30.7 Å². The van der Waals surface area contributed by atoms with E-state index in [2.05, 4.69) is 15.3 Å². The minimum absolute atomic E-state index is 0.0300. The van der Waals surface area contributed by atoms with Crippen LogP contribution >= 0.6 is 0 Å². The quantitative estimate of drug-likeness (QED) is 0.716. The zero-order valence-corrected chi connectivity index (χ0v) is 14.5. The summed E-state index contributed by atoms with van der Waals surface area (Å²) < 4.78 is 24.3. The second-order valence-electron chi connectivity index (χ2n) is 5.62. The lowest BCUT2D eigenvalue weighted by Gasteiger charge is -2.07. The van der Waals surface area contributed by atoms with Crippen molar-refractivity contribution in [2.24, 2.45) is 12.2 Å². The van der Waals surface area contributed by atoms with Crippen LogP contribution in [-0.4, -0.2) is 28.9 Å². The second kappa shape index (κ2) is 6.26. The lowest BCUT2D eigenvalue weighted by Crippen LogP contribution is -2.23. The van der Waals surface area contributed by atoms with Gasteiger partial charge >= 0.3 is 0 Å². The Bertz CT molecular complexity index is 1060. The number of aromatic nitrogens is 3. The molecule has 0 aliphatic heterocycles. The van der Waals surface area contributed by atoms with Crippen molar-refractivity contribution in [3.05, 3.63) is 53.5 Å². The van der Waals surface area contributed by atoms with Gasteiger partial charge in [-0.15, -0.1) is 0 Å². The van der Waals surface area contributed by atoms with Crippen LogP contribution in [0.1, 0.15) is 21.7 Å². The highest BCUT2D eigenvalue weighted by Gasteiger charge is 2.15. The maximum atomic E-state index is 12.5. The molecule has 0 aliphatic rings. The molecular formula is C16H17N5O3S. The van der Waals surface area contributed by atoms with E-state index in [0.717, 1.165) is 11.4 Å². The number of hydrogen-bond acceptors (Lipinski definition) is 5. The van der Waals surface area contributed by atoms with Crippen molar-refractivity contribution in [1.82, 2.24) is 19.9 Å². The van der Waals surface area contributed by atoms with Crippen molar-refractivity contribution in [1.29, 1.82) is 0 Å². The molecule has 2 heterocycles. The first-order chi connectivity index (χ1) is 11.8. The number of nitrogens with two attached hydrogens (primary N) is 1. The average molecular weight is 359 g/mol. The lowest BCUT2D eigenvalue weighted by atomic mass is 10.2. The molecule has 0 radical (unpaired) electrons. The van der Waals surface area contributed by atoms with Gasteiger partial charge in [-0.2, -0.15) is 0 Å². The van der Waals surface area contributed by atoms with Gasteiger partial charge in [0.05, 0.1) is 10.5 Å². The summed E-state index contributed by atoms with van der Waals surface area (Å²) in [7, 11) is -1.89. The van der Waals surface area contributed by atoms with Gasteiger partial charge in [-0.3, -0.25) is 4.79 Å². The number of primary sulfonamides is 1. The monoisotopic (exact) mass is 359 g/mol. The van der Waals surface area contributed by atoms with E-state index in [1.165, 1.54) is 12.1 Å². The lowest BCUT2D eigenvalue weighted by molar-refractivity contribution is 0.0952. The molecule has 1 amide bonds. The van der Waals surface area contributed by atoms with Gasteiger partial charge in [0.15, 0.2) is 5.65 Å². The summed E-state index contributed by atoms with van der Waals surface area (Å²) in [6.07, 6.45) is 1.57. The van der Waals surface area contributed by atoms with E-state index in [0.29, 0.717) is 16.7 Å². The standard InChI is InChI=1S/C16H17N5O3S/c1-10-20-14-13(7-8-18-15(14)21(10)2)16(22)19-9-11-3-5-12(6-4-11)25(17,23)24/h3-8H,9H2,1-2H3,(H,19,22)(H2,17,23,24). The summed E-state index contributed by atoms with van der Waals surface area (Å²) in [4.78, 5) is 21.1. The largest absolute Gasteiger partial charge is 0.348 e. The number of amides is 1. The van der Waals surface area contributed by atoms with E-state index in [1.807, 2.05) is 18.5 Å². The number of imidazole rings is 1. The first-order valence-electron chi connectivity index (χ1n) is 7.45. The van der Waals surface area contributed by atoms with Gasteiger partial charge < -0.3 is 9.88 Å². The molecule has 3 aromatic rings. The maximum absolute atomic E-state index is 12.5. The van der Waals surface area contributed by atoms with Crippen molar-refractivity contribution in [3.8, 4) is 0 Å². The molecule has 0 atom stereocenters. The van der Waals surface area contributed by atoms with E-state index in [4.69, 9.17) is 5.14 Å². The van der Waals surface area contributed by atoms with Crippen LogP contribution in [0.15, 0.2) is 41.4 Å². The molecular weight excluding hydrogens is 342 g/mol. The molecule has 8 nitrogen and oxygen atoms in total. The highest BCUT2D eigenvalue weighted by molar-refractivity contribution is 7.89. The number of nitrogens with one attached hydrogen (secondary N) is 1. The summed E-state index contributed by atoms with van der Waals surface area (Å²) >= 11 is 0. The number of carbonyl (C=O) groups is 1. The Labute approximate surface area is 144 Å².